The third-order valence-electron chi connectivity index (χ3n) is 4.90. The molecule has 1 aromatic carbocycles. The molecule has 0 aliphatic rings. The third-order valence-corrected chi connectivity index (χ3v) is 4.90. The number of hydrogen-bond acceptors (Lipinski definition) is 3. The highest BCUT2D eigenvalue weighted by Gasteiger charge is 2.14. The monoisotopic (exact) mass is 356 g/mol. The van der Waals surface area contributed by atoms with E-state index in [1.807, 2.05) is 29.3 Å². The summed E-state index contributed by atoms with van der Waals surface area (Å²) < 4.78 is 2.04. The van der Waals surface area contributed by atoms with Crippen LogP contribution in [0.5, 0.6) is 0 Å². The minimum atomic E-state index is 0.665. The molecule has 4 nitrogen and oxygen atoms in total. The van der Waals surface area contributed by atoms with Crippen LogP contribution in [0.2, 0.25) is 0 Å². The van der Waals surface area contributed by atoms with Gasteiger partial charge in [-0.2, -0.15) is 5.10 Å². The van der Waals surface area contributed by atoms with E-state index in [-0.39, 0.29) is 0 Å². The molecule has 0 atom stereocenters. The first-order valence-corrected chi connectivity index (χ1v) is 9.45. The van der Waals surface area contributed by atoms with E-state index in [0.717, 1.165) is 46.3 Å². The molecule has 0 saturated carbocycles. The molecule has 0 aliphatic heterocycles. The van der Waals surface area contributed by atoms with Crippen molar-refractivity contribution in [2.75, 3.05) is 0 Å². The predicted octanol–water partition coefficient (Wildman–Crippen LogP) is 5.51. The fraction of sp³-hybridized carbons (Fsp3) is 0.261. The van der Waals surface area contributed by atoms with E-state index in [4.69, 9.17) is 4.98 Å². The first-order valence-electron chi connectivity index (χ1n) is 9.45. The van der Waals surface area contributed by atoms with Crippen molar-refractivity contribution < 1.29 is 0 Å². The van der Waals surface area contributed by atoms with E-state index in [1.165, 1.54) is 5.56 Å². The Morgan fingerprint density at radius 1 is 1.00 bits per heavy atom. The van der Waals surface area contributed by atoms with Crippen LogP contribution in [0.15, 0.2) is 61.2 Å². The van der Waals surface area contributed by atoms with E-state index in [1.54, 1.807) is 0 Å². The highest BCUT2D eigenvalue weighted by Crippen LogP contribution is 2.33. The Kier molecular flexibility index (Phi) is 4.71. The standard InChI is InChI=1S/C23H24N4/c1-16(2)9-12-27-15-20(14-26-27)22-17(3)8-11-25-23(22)19-7-6-18-5-4-10-24-21(18)13-19/h4-8,10-11,13-16H,9,12H2,1-3H3. The molecule has 0 aliphatic carbocycles. The molecule has 27 heavy (non-hydrogen) atoms. The van der Waals surface area contributed by atoms with Gasteiger partial charge in [0, 0.05) is 47.2 Å². The van der Waals surface area contributed by atoms with Crippen LogP contribution in [0.1, 0.15) is 25.8 Å². The van der Waals surface area contributed by atoms with Crippen LogP contribution in [-0.4, -0.2) is 19.7 Å². The topological polar surface area (TPSA) is 43.6 Å². The van der Waals surface area contributed by atoms with Gasteiger partial charge in [0.1, 0.15) is 0 Å². The minimum absolute atomic E-state index is 0.665. The van der Waals surface area contributed by atoms with E-state index in [0.29, 0.717) is 5.92 Å². The maximum Gasteiger partial charge on any atom is 0.0784 e. The van der Waals surface area contributed by atoms with Crippen molar-refractivity contribution in [2.24, 2.45) is 5.92 Å². The average molecular weight is 356 g/mol. The van der Waals surface area contributed by atoms with Crippen LogP contribution in [0, 0.1) is 12.8 Å². The Morgan fingerprint density at radius 2 is 1.89 bits per heavy atom. The van der Waals surface area contributed by atoms with Gasteiger partial charge < -0.3 is 0 Å². The predicted molar refractivity (Wildman–Crippen MR) is 110 cm³/mol. The lowest BCUT2D eigenvalue weighted by molar-refractivity contribution is 0.487. The maximum atomic E-state index is 4.71. The van der Waals surface area contributed by atoms with Gasteiger partial charge in [-0.15, -0.1) is 0 Å². The molecule has 0 amide bonds. The van der Waals surface area contributed by atoms with Gasteiger partial charge in [-0.05, 0) is 43.0 Å². The summed E-state index contributed by atoms with van der Waals surface area (Å²) >= 11 is 0. The van der Waals surface area contributed by atoms with E-state index in [9.17, 15) is 0 Å². The summed E-state index contributed by atoms with van der Waals surface area (Å²) in [4.78, 5) is 9.20. The molecule has 4 rings (SSSR count). The number of hydrogen-bond donors (Lipinski definition) is 0. The molecule has 0 bridgehead atoms. The molecule has 0 saturated heterocycles. The molecular weight excluding hydrogens is 332 g/mol. The van der Waals surface area contributed by atoms with Gasteiger partial charge in [-0.1, -0.05) is 32.0 Å². The Balaban J connectivity index is 1.78. The average Bonchev–Trinajstić information content (AvgIpc) is 3.14. The van der Waals surface area contributed by atoms with Crippen LogP contribution in [0.25, 0.3) is 33.3 Å². The minimum Gasteiger partial charge on any atom is -0.272 e. The normalized spacial score (nSPS) is 11.4. The zero-order chi connectivity index (χ0) is 18.8. The Hall–Kier alpha value is -3.01. The second-order valence-electron chi connectivity index (χ2n) is 7.44. The Morgan fingerprint density at radius 3 is 2.74 bits per heavy atom. The Bertz CT molecular complexity index is 1080. The summed E-state index contributed by atoms with van der Waals surface area (Å²) in [6, 6.07) is 12.4. The first kappa shape index (κ1) is 17.4. The van der Waals surface area contributed by atoms with Gasteiger partial charge in [-0.3, -0.25) is 14.6 Å². The largest absolute Gasteiger partial charge is 0.272 e. The summed E-state index contributed by atoms with van der Waals surface area (Å²) in [5, 5.41) is 5.70. The molecule has 0 radical (unpaired) electrons. The molecular formula is C23H24N4. The zero-order valence-corrected chi connectivity index (χ0v) is 16.1. The van der Waals surface area contributed by atoms with Gasteiger partial charge in [0.25, 0.3) is 0 Å². The summed E-state index contributed by atoms with van der Waals surface area (Å²) in [6.45, 7) is 7.54. The summed E-state index contributed by atoms with van der Waals surface area (Å²) in [7, 11) is 0. The molecule has 0 unspecified atom stereocenters. The van der Waals surface area contributed by atoms with Crippen LogP contribution >= 0.6 is 0 Å². The molecule has 136 valence electrons. The van der Waals surface area contributed by atoms with Gasteiger partial charge in [-0.25, -0.2) is 0 Å². The second kappa shape index (κ2) is 7.31. The van der Waals surface area contributed by atoms with Crippen molar-refractivity contribution in [2.45, 2.75) is 33.7 Å². The van der Waals surface area contributed by atoms with Crippen molar-refractivity contribution >= 4 is 10.9 Å². The number of aromatic nitrogens is 4. The fourth-order valence-electron chi connectivity index (χ4n) is 3.36. The summed E-state index contributed by atoms with van der Waals surface area (Å²) in [5.41, 5.74) is 6.49. The Labute approximate surface area is 159 Å². The fourth-order valence-corrected chi connectivity index (χ4v) is 3.36. The number of pyridine rings is 2. The van der Waals surface area contributed by atoms with Gasteiger partial charge in [0.05, 0.1) is 17.4 Å². The van der Waals surface area contributed by atoms with Crippen molar-refractivity contribution in [1.82, 2.24) is 19.7 Å². The molecule has 0 N–H and O–H groups in total. The molecule has 0 spiro atoms. The zero-order valence-electron chi connectivity index (χ0n) is 16.1. The van der Waals surface area contributed by atoms with Gasteiger partial charge >= 0.3 is 0 Å². The summed E-state index contributed by atoms with van der Waals surface area (Å²) in [5.74, 6) is 0.665. The lowest BCUT2D eigenvalue weighted by Crippen LogP contribution is -2.01. The number of aryl methyl sites for hydroxylation is 2. The third kappa shape index (κ3) is 3.61. The first-order chi connectivity index (χ1) is 13.1. The number of rotatable bonds is 5. The van der Waals surface area contributed by atoms with E-state index in [2.05, 4.69) is 67.4 Å². The van der Waals surface area contributed by atoms with Gasteiger partial charge in [0.2, 0.25) is 0 Å². The molecule has 3 aromatic heterocycles. The molecule has 4 aromatic rings. The summed E-state index contributed by atoms with van der Waals surface area (Å²) in [6.07, 6.45) is 8.91. The van der Waals surface area contributed by atoms with Crippen molar-refractivity contribution in [3.63, 3.8) is 0 Å². The van der Waals surface area contributed by atoms with Crippen molar-refractivity contribution in [1.29, 1.82) is 0 Å². The van der Waals surface area contributed by atoms with E-state index >= 15 is 0 Å². The van der Waals surface area contributed by atoms with Crippen LogP contribution < -0.4 is 0 Å². The van der Waals surface area contributed by atoms with Crippen LogP contribution in [-0.2, 0) is 6.54 Å². The van der Waals surface area contributed by atoms with Gasteiger partial charge in [0.15, 0.2) is 0 Å². The number of fused-ring (bicyclic) bond motifs is 1. The second-order valence-corrected chi connectivity index (χ2v) is 7.44. The quantitative estimate of drug-likeness (QED) is 0.473. The lowest BCUT2D eigenvalue weighted by Gasteiger charge is -2.11. The molecule has 4 heteroatoms. The molecule has 3 heterocycles. The molecule has 0 fully saturated rings. The lowest BCUT2D eigenvalue weighted by atomic mass is 9.97. The van der Waals surface area contributed by atoms with Crippen LogP contribution in [0.4, 0.5) is 0 Å². The number of nitrogens with zero attached hydrogens (tertiary/aromatic N) is 4. The SMILES string of the molecule is Cc1ccnc(-c2ccc3cccnc3c2)c1-c1cnn(CCC(C)C)c1. The highest BCUT2D eigenvalue weighted by atomic mass is 15.3. The maximum absolute atomic E-state index is 4.71. The van der Waals surface area contributed by atoms with Crippen molar-refractivity contribution in [3.05, 3.63) is 66.7 Å². The highest BCUT2D eigenvalue weighted by molar-refractivity contribution is 5.88. The number of benzene rings is 1. The smallest absolute Gasteiger partial charge is 0.0784 e. The van der Waals surface area contributed by atoms with Crippen molar-refractivity contribution in [3.8, 4) is 22.4 Å². The van der Waals surface area contributed by atoms with Crippen LogP contribution in [0.3, 0.4) is 0 Å². The van der Waals surface area contributed by atoms with E-state index < -0.39 is 0 Å².